The molecule has 5 heteroatoms. The Bertz CT molecular complexity index is 460. The first-order valence-corrected chi connectivity index (χ1v) is 6.14. The van der Waals surface area contributed by atoms with Crippen molar-refractivity contribution in [3.8, 4) is 0 Å². The third-order valence-electron chi connectivity index (χ3n) is 2.59. The zero-order valence-electron chi connectivity index (χ0n) is 10.8. The summed E-state index contributed by atoms with van der Waals surface area (Å²) in [5.41, 5.74) is 2.83. The van der Waals surface area contributed by atoms with Crippen molar-refractivity contribution in [2.45, 2.75) is 13.8 Å². The molecule has 0 aliphatic rings. The number of rotatable bonds is 4. The molecule has 1 aromatic rings. The minimum atomic E-state index is -0.271. The smallest absolute Gasteiger partial charge is 0.243 e. The van der Waals surface area contributed by atoms with E-state index in [1.807, 2.05) is 32.0 Å². The highest BCUT2D eigenvalue weighted by Crippen LogP contribution is 2.16. The SMILES string of the molecule is Cc1ccc(C)c(NC(=O)CN(C)C(=O)CCl)c1. The number of halogens is 1. The van der Waals surface area contributed by atoms with Gasteiger partial charge in [0.15, 0.2) is 0 Å². The fraction of sp³-hybridized carbons (Fsp3) is 0.385. The van der Waals surface area contributed by atoms with Crippen molar-refractivity contribution in [3.05, 3.63) is 29.3 Å². The summed E-state index contributed by atoms with van der Waals surface area (Å²) >= 11 is 5.41. The molecule has 0 aromatic heterocycles. The van der Waals surface area contributed by atoms with Gasteiger partial charge >= 0.3 is 0 Å². The number of alkyl halides is 1. The Morgan fingerprint density at radius 2 is 2.00 bits per heavy atom. The van der Waals surface area contributed by atoms with Gasteiger partial charge < -0.3 is 10.2 Å². The highest BCUT2D eigenvalue weighted by atomic mass is 35.5. The second kappa shape index (κ2) is 6.40. The molecule has 0 fully saturated rings. The van der Waals surface area contributed by atoms with Crippen molar-refractivity contribution in [1.29, 1.82) is 0 Å². The molecule has 0 atom stereocenters. The first-order chi connectivity index (χ1) is 8.43. The maximum absolute atomic E-state index is 11.8. The van der Waals surface area contributed by atoms with Crippen molar-refractivity contribution in [1.82, 2.24) is 4.90 Å². The van der Waals surface area contributed by atoms with Crippen LogP contribution in [0.5, 0.6) is 0 Å². The van der Waals surface area contributed by atoms with Gasteiger partial charge in [0.1, 0.15) is 5.88 Å². The minimum Gasteiger partial charge on any atom is -0.335 e. The molecule has 0 unspecified atom stereocenters. The third-order valence-corrected chi connectivity index (χ3v) is 2.82. The second-order valence-electron chi connectivity index (χ2n) is 4.25. The van der Waals surface area contributed by atoms with Crippen LogP contribution in [0.4, 0.5) is 5.69 Å². The molecule has 0 spiro atoms. The van der Waals surface area contributed by atoms with Crippen LogP contribution in [0.2, 0.25) is 0 Å². The van der Waals surface area contributed by atoms with Crippen LogP contribution in [-0.2, 0) is 9.59 Å². The molecule has 0 heterocycles. The molecule has 1 rings (SSSR count). The first kappa shape index (κ1) is 14.5. The van der Waals surface area contributed by atoms with Crippen molar-refractivity contribution in [3.63, 3.8) is 0 Å². The zero-order valence-corrected chi connectivity index (χ0v) is 11.5. The monoisotopic (exact) mass is 268 g/mol. The van der Waals surface area contributed by atoms with Gasteiger partial charge in [0.2, 0.25) is 11.8 Å². The highest BCUT2D eigenvalue weighted by molar-refractivity contribution is 6.27. The van der Waals surface area contributed by atoms with Crippen molar-refractivity contribution >= 4 is 29.1 Å². The molecule has 18 heavy (non-hydrogen) atoms. The average Bonchev–Trinajstić information content (AvgIpc) is 2.32. The number of carbonyl (C=O) groups is 2. The van der Waals surface area contributed by atoms with Gasteiger partial charge in [-0.15, -0.1) is 11.6 Å². The van der Waals surface area contributed by atoms with Crippen molar-refractivity contribution in [2.75, 3.05) is 24.8 Å². The Hall–Kier alpha value is -1.55. The molecule has 0 saturated carbocycles. The van der Waals surface area contributed by atoms with Crippen LogP contribution in [0.3, 0.4) is 0 Å². The average molecular weight is 269 g/mol. The van der Waals surface area contributed by atoms with E-state index >= 15 is 0 Å². The number of nitrogens with one attached hydrogen (secondary N) is 1. The predicted molar refractivity (Wildman–Crippen MR) is 72.9 cm³/mol. The van der Waals surface area contributed by atoms with Crippen LogP contribution < -0.4 is 5.32 Å². The van der Waals surface area contributed by atoms with Gasteiger partial charge in [-0.1, -0.05) is 12.1 Å². The summed E-state index contributed by atoms with van der Waals surface area (Å²) in [6, 6.07) is 5.82. The van der Waals surface area contributed by atoms with E-state index in [4.69, 9.17) is 11.6 Å². The van der Waals surface area contributed by atoms with E-state index in [1.54, 1.807) is 7.05 Å². The number of nitrogens with zero attached hydrogens (tertiary/aromatic N) is 1. The summed E-state index contributed by atoms with van der Waals surface area (Å²) in [7, 11) is 1.55. The fourth-order valence-electron chi connectivity index (χ4n) is 1.47. The number of aryl methyl sites for hydroxylation is 2. The molecule has 2 amide bonds. The van der Waals surface area contributed by atoms with Crippen LogP contribution >= 0.6 is 11.6 Å². The lowest BCUT2D eigenvalue weighted by Gasteiger charge is -2.16. The van der Waals surface area contributed by atoms with Crippen LogP contribution in [-0.4, -0.2) is 36.2 Å². The summed E-state index contributed by atoms with van der Waals surface area (Å²) in [6.07, 6.45) is 0. The number of carbonyl (C=O) groups excluding carboxylic acids is 2. The van der Waals surface area contributed by atoms with Gasteiger partial charge in [-0.05, 0) is 31.0 Å². The van der Waals surface area contributed by atoms with E-state index in [2.05, 4.69) is 5.32 Å². The largest absolute Gasteiger partial charge is 0.335 e. The number of likely N-dealkylation sites (N-methyl/N-ethyl adjacent to an activating group) is 1. The molecular weight excluding hydrogens is 252 g/mol. The Labute approximate surface area is 112 Å². The van der Waals surface area contributed by atoms with E-state index in [9.17, 15) is 9.59 Å². The van der Waals surface area contributed by atoms with Gasteiger partial charge in [0.25, 0.3) is 0 Å². The first-order valence-electron chi connectivity index (χ1n) is 5.61. The Morgan fingerprint density at radius 3 is 2.61 bits per heavy atom. The molecular formula is C13H17ClN2O2. The van der Waals surface area contributed by atoms with E-state index in [1.165, 1.54) is 4.90 Å². The summed E-state index contributed by atoms with van der Waals surface area (Å²) < 4.78 is 0. The Morgan fingerprint density at radius 1 is 1.33 bits per heavy atom. The topological polar surface area (TPSA) is 49.4 Å². The number of amides is 2. The lowest BCUT2D eigenvalue weighted by molar-refractivity contribution is -0.131. The summed E-state index contributed by atoms with van der Waals surface area (Å²) in [5.74, 6) is -0.620. The van der Waals surface area contributed by atoms with E-state index in [0.29, 0.717) is 0 Å². The Kier molecular flexibility index (Phi) is 5.16. The van der Waals surface area contributed by atoms with E-state index in [-0.39, 0.29) is 24.2 Å². The lowest BCUT2D eigenvalue weighted by atomic mass is 10.1. The van der Waals surface area contributed by atoms with Crippen molar-refractivity contribution in [2.24, 2.45) is 0 Å². The maximum atomic E-state index is 11.8. The highest BCUT2D eigenvalue weighted by Gasteiger charge is 2.12. The summed E-state index contributed by atoms with van der Waals surface area (Å²) in [5, 5.41) is 2.78. The van der Waals surface area contributed by atoms with Crippen LogP contribution in [0.25, 0.3) is 0 Å². The lowest BCUT2D eigenvalue weighted by Crippen LogP contribution is -2.35. The molecule has 0 aliphatic carbocycles. The van der Waals surface area contributed by atoms with Gasteiger partial charge in [0.05, 0.1) is 6.54 Å². The van der Waals surface area contributed by atoms with Crippen LogP contribution in [0.1, 0.15) is 11.1 Å². The number of hydrogen-bond donors (Lipinski definition) is 1. The molecule has 1 aromatic carbocycles. The second-order valence-corrected chi connectivity index (χ2v) is 4.52. The third kappa shape index (κ3) is 4.04. The van der Waals surface area contributed by atoms with Gasteiger partial charge in [-0.25, -0.2) is 0 Å². The summed E-state index contributed by atoms with van der Waals surface area (Å²) in [6.45, 7) is 3.87. The Balaban J connectivity index is 2.65. The molecule has 0 radical (unpaired) electrons. The molecule has 98 valence electrons. The predicted octanol–water partition coefficient (Wildman–Crippen LogP) is 1.94. The van der Waals surface area contributed by atoms with Gasteiger partial charge in [0, 0.05) is 12.7 Å². The summed E-state index contributed by atoms with van der Waals surface area (Å²) in [4.78, 5) is 24.3. The van der Waals surface area contributed by atoms with Gasteiger partial charge in [-0.3, -0.25) is 9.59 Å². The van der Waals surface area contributed by atoms with Crippen LogP contribution in [0.15, 0.2) is 18.2 Å². The van der Waals surface area contributed by atoms with E-state index < -0.39 is 0 Å². The minimum absolute atomic E-state index is 0.00106. The number of hydrogen-bond acceptors (Lipinski definition) is 2. The zero-order chi connectivity index (χ0) is 13.7. The standard InChI is InChI=1S/C13H17ClN2O2/c1-9-4-5-10(2)11(6-9)15-12(17)8-16(3)13(18)7-14/h4-6H,7-8H2,1-3H3,(H,15,17). The fourth-order valence-corrected chi connectivity index (χ4v) is 1.67. The van der Waals surface area contributed by atoms with E-state index in [0.717, 1.165) is 16.8 Å². The molecule has 1 N–H and O–H groups in total. The molecule has 0 saturated heterocycles. The van der Waals surface area contributed by atoms with Gasteiger partial charge in [-0.2, -0.15) is 0 Å². The molecule has 0 bridgehead atoms. The quantitative estimate of drug-likeness (QED) is 0.849. The normalized spacial score (nSPS) is 10.0. The number of anilines is 1. The molecule has 0 aliphatic heterocycles. The molecule has 4 nitrogen and oxygen atoms in total. The van der Waals surface area contributed by atoms with Crippen LogP contribution in [0, 0.1) is 13.8 Å². The van der Waals surface area contributed by atoms with Crippen molar-refractivity contribution < 1.29 is 9.59 Å². The maximum Gasteiger partial charge on any atom is 0.243 e. The number of benzene rings is 1.